The van der Waals surface area contributed by atoms with Gasteiger partial charge in [-0.15, -0.1) is 0 Å². The molecule has 0 aliphatic carbocycles. The van der Waals surface area contributed by atoms with Crippen molar-refractivity contribution < 1.29 is 37.6 Å². The maximum atomic E-state index is 11.9. The standard InChI is InChI=1S/C48H78NO7P/c1-5-6-7-8-9-10-11-12-13-14-15-16-17-18-19-20-21-22-23-24-25-26-27-28-29-30-31-32-33-34-35-36-37-38-39-40-41-42-48(51)54-45-47(50)46-56-57(52,53)55-44-43-49(2,3)4/h6-7,9-10,12-13,15-16,18-19,21-22,24-25,27-28,30-31,33-34,47,50H,5,8,11,14,17,20,23,26,29,32,35-46H2,1-4H3/b7-6-,10-9-,13-12-,16-15-,19-18-,22-21-,25-24-,28-27-,31-30-,34-33-. The number of aliphatic hydroxyl groups excluding tert-OH is 1. The van der Waals surface area contributed by atoms with E-state index < -0.39 is 26.5 Å². The third kappa shape index (κ3) is 45.5. The zero-order valence-electron chi connectivity index (χ0n) is 36.0. The van der Waals surface area contributed by atoms with E-state index in [1.165, 1.54) is 6.42 Å². The molecule has 0 radical (unpaired) electrons. The Morgan fingerprint density at radius 3 is 1.33 bits per heavy atom. The van der Waals surface area contributed by atoms with Crippen molar-refractivity contribution in [3.05, 3.63) is 122 Å². The number of aliphatic hydroxyl groups is 1. The Hall–Kier alpha value is -3.10. The zero-order valence-corrected chi connectivity index (χ0v) is 36.9. The van der Waals surface area contributed by atoms with Gasteiger partial charge in [-0.1, -0.05) is 154 Å². The lowest BCUT2D eigenvalue weighted by molar-refractivity contribution is -0.870. The van der Waals surface area contributed by atoms with E-state index in [-0.39, 0.29) is 19.6 Å². The molecule has 0 heterocycles. The largest absolute Gasteiger partial charge is 0.756 e. The van der Waals surface area contributed by atoms with Crippen LogP contribution in [-0.4, -0.2) is 69.2 Å². The highest BCUT2D eigenvalue weighted by molar-refractivity contribution is 7.45. The first-order chi connectivity index (χ1) is 27.6. The number of hydrogen-bond donors (Lipinski definition) is 1. The first-order valence-electron chi connectivity index (χ1n) is 21.3. The smallest absolute Gasteiger partial charge is 0.305 e. The van der Waals surface area contributed by atoms with Gasteiger partial charge in [-0.2, -0.15) is 0 Å². The third-order valence-electron chi connectivity index (χ3n) is 8.23. The molecule has 0 saturated carbocycles. The van der Waals surface area contributed by atoms with E-state index in [0.29, 0.717) is 11.0 Å². The Bertz CT molecular complexity index is 1310. The van der Waals surface area contributed by atoms with Gasteiger partial charge in [0.2, 0.25) is 0 Å². The minimum Gasteiger partial charge on any atom is -0.756 e. The molecule has 0 aliphatic heterocycles. The van der Waals surface area contributed by atoms with Crippen molar-refractivity contribution in [3.8, 4) is 0 Å². The van der Waals surface area contributed by atoms with E-state index in [1.807, 2.05) is 21.1 Å². The van der Waals surface area contributed by atoms with E-state index in [0.717, 1.165) is 103 Å². The molecule has 1 N–H and O–H groups in total. The fraction of sp³-hybridized carbons (Fsp3) is 0.562. The van der Waals surface area contributed by atoms with Crippen LogP contribution in [0.5, 0.6) is 0 Å². The fourth-order valence-corrected chi connectivity index (χ4v) is 5.65. The summed E-state index contributed by atoms with van der Waals surface area (Å²) in [5.41, 5.74) is 0. The van der Waals surface area contributed by atoms with Crippen molar-refractivity contribution in [1.29, 1.82) is 0 Å². The minimum atomic E-state index is -4.51. The predicted octanol–water partition coefficient (Wildman–Crippen LogP) is 11.7. The number of esters is 1. The quantitative estimate of drug-likeness (QED) is 0.0219. The summed E-state index contributed by atoms with van der Waals surface area (Å²) >= 11 is 0. The molecular formula is C48H78NO7P. The normalized spacial score (nSPS) is 15.0. The number of ether oxygens (including phenoxy) is 1. The van der Waals surface area contributed by atoms with Gasteiger partial charge in [0.05, 0.1) is 27.7 Å². The molecule has 0 aromatic heterocycles. The highest BCUT2D eigenvalue weighted by Crippen LogP contribution is 2.38. The summed E-state index contributed by atoms with van der Waals surface area (Å²) in [5.74, 6) is -0.408. The molecule has 0 rings (SSSR count). The lowest BCUT2D eigenvalue weighted by Crippen LogP contribution is -2.37. The zero-order chi connectivity index (χ0) is 42.0. The van der Waals surface area contributed by atoms with Crippen LogP contribution in [0.25, 0.3) is 0 Å². The molecule has 0 amide bonds. The number of quaternary nitrogens is 1. The van der Waals surface area contributed by atoms with Crippen LogP contribution in [0, 0.1) is 0 Å². The number of carbonyl (C=O) groups is 1. The molecule has 2 atom stereocenters. The van der Waals surface area contributed by atoms with Crippen LogP contribution < -0.4 is 4.89 Å². The molecule has 0 aromatic rings. The summed E-state index contributed by atoms with van der Waals surface area (Å²) in [6.07, 6.45) is 60.8. The van der Waals surface area contributed by atoms with Crippen molar-refractivity contribution in [2.45, 2.75) is 129 Å². The SMILES string of the molecule is CC/C=C\C/C=C\C/C=C\C/C=C\C/C=C\C/C=C\C/C=C\C/C=C\C/C=C\C/C=C\CCCCCCCCC(=O)OCC(O)COP(=O)([O-])OCC[N+](C)(C)C. The Morgan fingerprint density at radius 1 is 0.561 bits per heavy atom. The number of rotatable bonds is 37. The van der Waals surface area contributed by atoms with E-state index in [9.17, 15) is 19.4 Å². The summed E-state index contributed by atoms with van der Waals surface area (Å²) < 4.78 is 26.8. The van der Waals surface area contributed by atoms with Crippen LogP contribution >= 0.6 is 7.82 Å². The molecule has 9 heteroatoms. The maximum absolute atomic E-state index is 11.9. The Kier molecular flexibility index (Phi) is 37.6. The molecule has 0 saturated heterocycles. The fourth-order valence-electron chi connectivity index (χ4n) is 4.91. The van der Waals surface area contributed by atoms with Crippen molar-refractivity contribution in [2.75, 3.05) is 47.5 Å². The molecule has 0 aliphatic rings. The second kappa shape index (κ2) is 39.7. The Balaban J connectivity index is 3.64. The van der Waals surface area contributed by atoms with Gasteiger partial charge < -0.3 is 28.3 Å². The van der Waals surface area contributed by atoms with Crippen LogP contribution in [-0.2, 0) is 23.1 Å². The van der Waals surface area contributed by atoms with Gasteiger partial charge in [-0.25, -0.2) is 0 Å². The number of nitrogens with zero attached hydrogens (tertiary/aromatic N) is 1. The summed E-state index contributed by atoms with van der Waals surface area (Å²) in [6.45, 7) is 1.79. The van der Waals surface area contributed by atoms with Crippen molar-refractivity contribution in [1.82, 2.24) is 0 Å². The van der Waals surface area contributed by atoms with Gasteiger partial charge in [-0.05, 0) is 83.5 Å². The van der Waals surface area contributed by atoms with E-state index >= 15 is 0 Å². The molecule has 0 fully saturated rings. The number of likely N-dealkylation sites (N-methyl/N-ethyl adjacent to an activating group) is 1. The van der Waals surface area contributed by atoms with Gasteiger partial charge in [0.1, 0.15) is 25.9 Å². The topological polar surface area (TPSA) is 105 Å². The Morgan fingerprint density at radius 2 is 0.930 bits per heavy atom. The lowest BCUT2D eigenvalue weighted by atomic mass is 10.1. The summed E-state index contributed by atoms with van der Waals surface area (Å²) in [5, 5.41) is 9.88. The third-order valence-corrected chi connectivity index (χ3v) is 9.19. The summed E-state index contributed by atoms with van der Waals surface area (Å²) in [4.78, 5) is 23.7. The molecule has 2 unspecified atom stereocenters. The molecular weight excluding hydrogens is 734 g/mol. The van der Waals surface area contributed by atoms with Crippen molar-refractivity contribution in [3.63, 3.8) is 0 Å². The average molecular weight is 812 g/mol. The van der Waals surface area contributed by atoms with E-state index in [4.69, 9.17) is 9.26 Å². The van der Waals surface area contributed by atoms with Crippen molar-refractivity contribution in [2.24, 2.45) is 0 Å². The number of unbranched alkanes of at least 4 members (excludes halogenated alkanes) is 6. The number of hydrogen-bond acceptors (Lipinski definition) is 7. The molecule has 0 bridgehead atoms. The van der Waals surface area contributed by atoms with Crippen LogP contribution in [0.15, 0.2) is 122 Å². The van der Waals surface area contributed by atoms with E-state index in [1.54, 1.807) is 0 Å². The number of phosphoric acid groups is 1. The Labute approximate surface area is 348 Å². The lowest BCUT2D eigenvalue weighted by Gasteiger charge is -2.27. The van der Waals surface area contributed by atoms with Crippen molar-refractivity contribution >= 4 is 13.8 Å². The number of allylic oxidation sites excluding steroid dienone is 20. The van der Waals surface area contributed by atoms with Crippen LogP contribution in [0.3, 0.4) is 0 Å². The van der Waals surface area contributed by atoms with Gasteiger partial charge in [0, 0.05) is 6.42 Å². The molecule has 57 heavy (non-hydrogen) atoms. The summed E-state index contributed by atoms with van der Waals surface area (Å²) in [7, 11) is 1.22. The predicted molar refractivity (Wildman–Crippen MR) is 240 cm³/mol. The van der Waals surface area contributed by atoms with Gasteiger partial charge >= 0.3 is 5.97 Å². The van der Waals surface area contributed by atoms with Gasteiger partial charge in [0.15, 0.2) is 0 Å². The van der Waals surface area contributed by atoms with Crippen LogP contribution in [0.1, 0.15) is 122 Å². The second-order valence-electron chi connectivity index (χ2n) is 14.8. The molecule has 0 spiro atoms. The minimum absolute atomic E-state index is 0.0173. The number of phosphoric ester groups is 1. The second-order valence-corrected chi connectivity index (χ2v) is 16.2. The summed E-state index contributed by atoms with van der Waals surface area (Å²) in [6, 6.07) is 0. The monoisotopic (exact) mass is 812 g/mol. The number of carbonyl (C=O) groups excluding carboxylic acids is 1. The highest BCUT2D eigenvalue weighted by atomic mass is 31.2. The molecule has 8 nitrogen and oxygen atoms in total. The first-order valence-corrected chi connectivity index (χ1v) is 22.8. The maximum Gasteiger partial charge on any atom is 0.305 e. The molecule has 0 aromatic carbocycles. The van der Waals surface area contributed by atoms with Crippen LogP contribution in [0.4, 0.5) is 0 Å². The average Bonchev–Trinajstić information content (AvgIpc) is 3.17. The van der Waals surface area contributed by atoms with E-state index in [2.05, 4.69) is 133 Å². The first kappa shape index (κ1) is 53.9. The molecule has 322 valence electrons. The van der Waals surface area contributed by atoms with Crippen LogP contribution in [0.2, 0.25) is 0 Å². The highest BCUT2D eigenvalue weighted by Gasteiger charge is 2.16. The van der Waals surface area contributed by atoms with Gasteiger partial charge in [0.25, 0.3) is 7.82 Å². The van der Waals surface area contributed by atoms with Gasteiger partial charge in [-0.3, -0.25) is 9.36 Å².